The standard InChI is InChI=1S/C16H18F3N7O3/c17-16(18,19)7-29-13-12(10-4-22-23-5-10)21-8-26-14(13)24-15(25-26)20-3-9-1-2-28-6-11(9)27/h4-5,8-9,11,27H,1-3,6-7H2,(H,20,25)(H,22,23)/t9?,11-/m0/s1. The summed E-state index contributed by atoms with van der Waals surface area (Å²) in [6.45, 7) is -0.293. The Hall–Kier alpha value is -2.93. The molecule has 1 saturated heterocycles. The van der Waals surface area contributed by atoms with Crippen molar-refractivity contribution in [1.29, 1.82) is 0 Å². The number of anilines is 1. The summed E-state index contributed by atoms with van der Waals surface area (Å²) < 4.78 is 49.6. The van der Waals surface area contributed by atoms with Gasteiger partial charge in [-0.2, -0.15) is 27.8 Å². The highest BCUT2D eigenvalue weighted by atomic mass is 19.4. The molecule has 1 unspecified atom stereocenters. The van der Waals surface area contributed by atoms with Gasteiger partial charge in [0, 0.05) is 30.8 Å². The van der Waals surface area contributed by atoms with Gasteiger partial charge in [-0.05, 0) is 6.42 Å². The normalized spacial score (nSPS) is 20.1. The molecule has 29 heavy (non-hydrogen) atoms. The monoisotopic (exact) mass is 413 g/mol. The molecule has 3 aromatic rings. The van der Waals surface area contributed by atoms with Crippen LogP contribution in [-0.2, 0) is 4.74 Å². The summed E-state index contributed by atoms with van der Waals surface area (Å²) in [6.07, 6.45) is -0.218. The third kappa shape index (κ3) is 4.40. The summed E-state index contributed by atoms with van der Waals surface area (Å²) in [6, 6.07) is 0. The second-order valence-corrected chi connectivity index (χ2v) is 6.59. The molecule has 0 amide bonds. The second-order valence-electron chi connectivity index (χ2n) is 6.59. The number of fused-ring (bicyclic) bond motifs is 1. The number of alkyl halides is 3. The summed E-state index contributed by atoms with van der Waals surface area (Å²) >= 11 is 0. The van der Waals surface area contributed by atoms with Gasteiger partial charge >= 0.3 is 6.18 Å². The van der Waals surface area contributed by atoms with Crippen LogP contribution in [0.15, 0.2) is 18.7 Å². The first-order chi connectivity index (χ1) is 13.9. The number of ether oxygens (including phenoxy) is 2. The number of aromatic amines is 1. The highest BCUT2D eigenvalue weighted by Crippen LogP contribution is 2.32. The summed E-state index contributed by atoms with van der Waals surface area (Å²) in [5, 5.41) is 23.5. The van der Waals surface area contributed by atoms with E-state index in [2.05, 4.69) is 30.6 Å². The van der Waals surface area contributed by atoms with Gasteiger partial charge in [0.15, 0.2) is 12.4 Å². The summed E-state index contributed by atoms with van der Waals surface area (Å²) in [5.74, 6) is -0.0134. The summed E-state index contributed by atoms with van der Waals surface area (Å²) in [4.78, 5) is 8.41. The van der Waals surface area contributed by atoms with E-state index in [4.69, 9.17) is 9.47 Å². The summed E-state index contributed by atoms with van der Waals surface area (Å²) in [7, 11) is 0. The van der Waals surface area contributed by atoms with Crippen LogP contribution in [0.4, 0.5) is 19.1 Å². The van der Waals surface area contributed by atoms with Crippen LogP contribution in [0.3, 0.4) is 0 Å². The highest BCUT2D eigenvalue weighted by molar-refractivity contribution is 5.73. The number of nitrogens with zero attached hydrogens (tertiary/aromatic N) is 5. The second kappa shape index (κ2) is 7.83. The van der Waals surface area contributed by atoms with Gasteiger partial charge in [0.1, 0.15) is 12.0 Å². The Morgan fingerprint density at radius 2 is 2.28 bits per heavy atom. The predicted molar refractivity (Wildman–Crippen MR) is 93.3 cm³/mol. The van der Waals surface area contributed by atoms with Crippen LogP contribution in [0.1, 0.15) is 6.42 Å². The number of hydrogen-bond donors (Lipinski definition) is 3. The smallest absolute Gasteiger partial charge is 0.422 e. The van der Waals surface area contributed by atoms with Crippen molar-refractivity contribution in [3.63, 3.8) is 0 Å². The molecule has 4 heterocycles. The van der Waals surface area contributed by atoms with E-state index >= 15 is 0 Å². The molecule has 2 atom stereocenters. The lowest BCUT2D eigenvalue weighted by atomic mass is 9.97. The van der Waals surface area contributed by atoms with Crippen molar-refractivity contribution in [1.82, 2.24) is 29.8 Å². The third-order valence-corrected chi connectivity index (χ3v) is 4.49. The molecule has 13 heteroatoms. The van der Waals surface area contributed by atoms with Crippen LogP contribution in [-0.4, -0.2) is 73.5 Å². The molecular weight excluding hydrogens is 395 g/mol. The number of aromatic nitrogens is 6. The molecule has 3 N–H and O–H groups in total. The molecule has 10 nitrogen and oxygen atoms in total. The highest BCUT2D eigenvalue weighted by Gasteiger charge is 2.30. The van der Waals surface area contributed by atoms with Crippen LogP contribution in [0, 0.1) is 5.92 Å². The Balaban J connectivity index is 1.62. The van der Waals surface area contributed by atoms with Crippen molar-refractivity contribution in [2.75, 3.05) is 31.7 Å². The van der Waals surface area contributed by atoms with E-state index in [9.17, 15) is 18.3 Å². The maximum Gasteiger partial charge on any atom is 0.422 e. The third-order valence-electron chi connectivity index (χ3n) is 4.49. The molecule has 0 aliphatic carbocycles. The van der Waals surface area contributed by atoms with Crippen LogP contribution in [0.5, 0.6) is 5.75 Å². The van der Waals surface area contributed by atoms with Crippen molar-refractivity contribution in [3.8, 4) is 17.0 Å². The Morgan fingerprint density at radius 3 is 3.00 bits per heavy atom. The number of halogens is 3. The van der Waals surface area contributed by atoms with Gasteiger partial charge in [0.05, 0.1) is 18.9 Å². The van der Waals surface area contributed by atoms with E-state index in [-0.39, 0.29) is 35.6 Å². The first-order valence-corrected chi connectivity index (χ1v) is 8.84. The van der Waals surface area contributed by atoms with Gasteiger partial charge in [0.2, 0.25) is 11.6 Å². The van der Waals surface area contributed by atoms with Gasteiger partial charge in [-0.15, -0.1) is 5.10 Å². The molecule has 156 valence electrons. The zero-order valence-electron chi connectivity index (χ0n) is 15.1. The maximum atomic E-state index is 12.7. The number of aliphatic hydroxyl groups is 1. The largest absolute Gasteiger partial charge is 0.478 e. The zero-order valence-corrected chi connectivity index (χ0v) is 15.1. The molecule has 0 spiro atoms. The number of rotatable bonds is 6. The molecule has 0 radical (unpaired) electrons. The Kier molecular flexibility index (Phi) is 5.24. The lowest BCUT2D eigenvalue weighted by Crippen LogP contribution is -2.36. The average Bonchev–Trinajstić information content (AvgIpc) is 3.34. The van der Waals surface area contributed by atoms with Crippen molar-refractivity contribution < 1.29 is 27.8 Å². The fourth-order valence-corrected chi connectivity index (χ4v) is 3.01. The van der Waals surface area contributed by atoms with Crippen LogP contribution in [0.25, 0.3) is 16.9 Å². The molecule has 0 bridgehead atoms. The van der Waals surface area contributed by atoms with Crippen molar-refractivity contribution in [2.24, 2.45) is 5.92 Å². The zero-order chi connectivity index (χ0) is 20.4. The van der Waals surface area contributed by atoms with E-state index in [1.165, 1.54) is 23.2 Å². The molecule has 1 aliphatic heterocycles. The Morgan fingerprint density at radius 1 is 1.41 bits per heavy atom. The molecule has 1 aliphatic rings. The van der Waals surface area contributed by atoms with Gasteiger partial charge in [-0.1, -0.05) is 0 Å². The fraction of sp³-hybridized carbons (Fsp3) is 0.500. The maximum absolute atomic E-state index is 12.7. The van der Waals surface area contributed by atoms with E-state index in [1.807, 2.05) is 0 Å². The first-order valence-electron chi connectivity index (χ1n) is 8.84. The van der Waals surface area contributed by atoms with Gasteiger partial charge < -0.3 is 19.9 Å². The minimum atomic E-state index is -4.53. The predicted octanol–water partition coefficient (Wildman–Crippen LogP) is 1.26. The molecule has 1 fully saturated rings. The lowest BCUT2D eigenvalue weighted by Gasteiger charge is -2.27. The minimum absolute atomic E-state index is 0.0454. The van der Waals surface area contributed by atoms with E-state index in [0.717, 1.165) is 0 Å². The first kappa shape index (κ1) is 19.4. The van der Waals surface area contributed by atoms with Crippen LogP contribution >= 0.6 is 0 Å². The lowest BCUT2D eigenvalue weighted by molar-refractivity contribution is -0.153. The van der Waals surface area contributed by atoms with E-state index < -0.39 is 18.9 Å². The number of aliphatic hydroxyl groups excluding tert-OH is 1. The molecule has 4 rings (SSSR count). The van der Waals surface area contributed by atoms with Gasteiger partial charge in [-0.25, -0.2) is 4.98 Å². The number of hydrogen-bond acceptors (Lipinski definition) is 8. The van der Waals surface area contributed by atoms with Crippen molar-refractivity contribution >= 4 is 11.6 Å². The topological polar surface area (TPSA) is 122 Å². The van der Waals surface area contributed by atoms with E-state index in [1.54, 1.807) is 0 Å². The van der Waals surface area contributed by atoms with Crippen molar-refractivity contribution in [2.45, 2.75) is 18.7 Å². The van der Waals surface area contributed by atoms with E-state index in [0.29, 0.717) is 25.1 Å². The fourth-order valence-electron chi connectivity index (χ4n) is 3.01. The molecule has 3 aromatic heterocycles. The Bertz CT molecular complexity index is 961. The number of H-pyrrole nitrogens is 1. The van der Waals surface area contributed by atoms with Crippen LogP contribution in [0.2, 0.25) is 0 Å². The van der Waals surface area contributed by atoms with Crippen LogP contribution < -0.4 is 10.1 Å². The Labute approximate surface area is 162 Å². The van der Waals surface area contributed by atoms with Gasteiger partial charge in [-0.3, -0.25) is 5.10 Å². The SMILES string of the molecule is O[C@H]1COCCC1CNc1nc2c(OCC(F)(F)F)c(-c3cn[nH]c3)ncn2n1. The van der Waals surface area contributed by atoms with Crippen molar-refractivity contribution in [3.05, 3.63) is 18.7 Å². The number of nitrogens with one attached hydrogen (secondary N) is 2. The quantitative estimate of drug-likeness (QED) is 0.552. The minimum Gasteiger partial charge on any atom is -0.478 e. The summed E-state index contributed by atoms with van der Waals surface area (Å²) in [5.41, 5.74) is 0.692. The van der Waals surface area contributed by atoms with Gasteiger partial charge in [0.25, 0.3) is 0 Å². The average molecular weight is 413 g/mol. The molecule has 0 aromatic carbocycles. The molecular formula is C16H18F3N7O3. The molecule has 0 saturated carbocycles.